The molecule has 160 valence electrons. The first kappa shape index (κ1) is 22.1. The Hall–Kier alpha value is -3.60. The van der Waals surface area contributed by atoms with Crippen LogP contribution in [0.4, 0.5) is 15.8 Å². The fraction of sp³-hybridized carbons (Fsp3) is 0.192. The Morgan fingerprint density at radius 2 is 1.68 bits per heavy atom. The molecule has 4 nitrogen and oxygen atoms in total. The summed E-state index contributed by atoms with van der Waals surface area (Å²) >= 11 is 0. The molecule has 0 aliphatic heterocycles. The van der Waals surface area contributed by atoms with Gasteiger partial charge in [0.25, 0.3) is 0 Å². The molecule has 0 atom stereocenters. The van der Waals surface area contributed by atoms with Gasteiger partial charge in [0, 0.05) is 11.3 Å². The third kappa shape index (κ3) is 6.19. The smallest absolute Gasteiger partial charge is 0.340 e. The van der Waals surface area contributed by atoms with Gasteiger partial charge in [0.05, 0.1) is 18.4 Å². The molecule has 0 fully saturated rings. The molecule has 0 unspecified atom stereocenters. The highest BCUT2D eigenvalue weighted by Crippen LogP contribution is 2.27. The molecule has 0 saturated carbocycles. The number of carbonyl (C=O) groups excluding carboxylic acids is 1. The molecular weight excluding hydrogens is 393 g/mol. The Bertz CT molecular complexity index is 1080. The Morgan fingerprint density at radius 3 is 2.35 bits per heavy atom. The first-order valence-electron chi connectivity index (χ1n) is 9.96. The van der Waals surface area contributed by atoms with Crippen molar-refractivity contribution in [1.82, 2.24) is 0 Å². The molecule has 0 aliphatic carbocycles. The Balaban J connectivity index is 1.95. The lowest BCUT2D eigenvalue weighted by molar-refractivity contribution is 0.00707. The van der Waals surface area contributed by atoms with E-state index in [9.17, 15) is 9.18 Å². The summed E-state index contributed by atoms with van der Waals surface area (Å²) in [5.74, 6) is 0.0116. The van der Waals surface area contributed by atoms with E-state index in [1.54, 1.807) is 25.3 Å². The molecule has 3 aromatic rings. The zero-order valence-corrected chi connectivity index (χ0v) is 18.1. The summed E-state index contributed by atoms with van der Waals surface area (Å²) in [6.07, 6.45) is 3.88. The van der Waals surface area contributed by atoms with E-state index in [0.29, 0.717) is 16.9 Å². The van der Waals surface area contributed by atoms with Crippen molar-refractivity contribution >= 4 is 29.5 Å². The van der Waals surface area contributed by atoms with Crippen LogP contribution in [0.1, 0.15) is 42.3 Å². The number of benzene rings is 3. The maximum atomic E-state index is 13.3. The number of anilines is 2. The first-order chi connectivity index (χ1) is 14.7. The van der Waals surface area contributed by atoms with Crippen LogP contribution in [0.2, 0.25) is 0 Å². The summed E-state index contributed by atoms with van der Waals surface area (Å²) in [5.41, 5.74) is 2.83. The van der Waals surface area contributed by atoms with Gasteiger partial charge in [0.2, 0.25) is 0 Å². The minimum absolute atomic E-state index is 0.327. The van der Waals surface area contributed by atoms with E-state index in [1.807, 2.05) is 69.3 Å². The number of rotatable bonds is 6. The zero-order valence-electron chi connectivity index (χ0n) is 18.1. The molecule has 0 amide bonds. The average Bonchev–Trinajstić information content (AvgIpc) is 2.73. The van der Waals surface area contributed by atoms with Gasteiger partial charge in [-0.05, 0) is 68.8 Å². The molecule has 0 aliphatic rings. The van der Waals surface area contributed by atoms with Crippen LogP contribution in [0.3, 0.4) is 0 Å². The maximum absolute atomic E-state index is 13.3. The highest BCUT2D eigenvalue weighted by atomic mass is 19.1. The molecule has 0 saturated heterocycles. The summed E-state index contributed by atoms with van der Waals surface area (Å²) in [6, 6.07) is 19.1. The molecule has 3 aromatic carbocycles. The molecule has 0 heterocycles. The van der Waals surface area contributed by atoms with Crippen molar-refractivity contribution in [3.05, 3.63) is 89.2 Å². The highest BCUT2D eigenvalue weighted by Gasteiger charge is 2.20. The number of esters is 1. The Morgan fingerprint density at radius 1 is 0.968 bits per heavy atom. The number of para-hydroxylation sites is 1. The van der Waals surface area contributed by atoms with Gasteiger partial charge in [-0.1, -0.05) is 36.4 Å². The van der Waals surface area contributed by atoms with Crippen LogP contribution >= 0.6 is 0 Å². The standard InChI is InChI=1S/C26H26FNO3/c1-26(2,3)31-25(29)22-16-10-18(9-11-19-7-5-6-8-24(19)30-4)17-23(22)28-21-14-12-20(27)13-15-21/h5-17,28H,1-4H3/b11-9+. The van der Waals surface area contributed by atoms with Crippen LogP contribution in [0.25, 0.3) is 12.2 Å². The van der Waals surface area contributed by atoms with Crippen molar-refractivity contribution < 1.29 is 18.7 Å². The van der Waals surface area contributed by atoms with E-state index in [4.69, 9.17) is 9.47 Å². The minimum Gasteiger partial charge on any atom is -0.496 e. The molecule has 0 aromatic heterocycles. The summed E-state index contributed by atoms with van der Waals surface area (Å²) in [6.45, 7) is 5.47. The Labute approximate surface area is 182 Å². The maximum Gasteiger partial charge on any atom is 0.340 e. The van der Waals surface area contributed by atoms with Crippen LogP contribution in [-0.2, 0) is 4.74 Å². The third-order valence-corrected chi connectivity index (χ3v) is 4.38. The highest BCUT2D eigenvalue weighted by molar-refractivity contribution is 5.97. The number of carbonyl (C=O) groups is 1. The van der Waals surface area contributed by atoms with Gasteiger partial charge >= 0.3 is 5.97 Å². The van der Waals surface area contributed by atoms with Crippen LogP contribution < -0.4 is 10.1 Å². The van der Waals surface area contributed by atoms with Crippen molar-refractivity contribution in [1.29, 1.82) is 0 Å². The van der Waals surface area contributed by atoms with Crippen molar-refractivity contribution in [3.8, 4) is 5.75 Å². The third-order valence-electron chi connectivity index (χ3n) is 4.38. The van der Waals surface area contributed by atoms with Crippen LogP contribution in [0.15, 0.2) is 66.7 Å². The molecule has 0 bridgehead atoms. The van der Waals surface area contributed by atoms with Crippen molar-refractivity contribution in [2.24, 2.45) is 0 Å². The summed E-state index contributed by atoms with van der Waals surface area (Å²) < 4.78 is 24.2. The number of methoxy groups -OCH3 is 1. The second-order valence-corrected chi connectivity index (χ2v) is 8.01. The van der Waals surface area contributed by atoms with Crippen LogP contribution in [0.5, 0.6) is 5.75 Å². The van der Waals surface area contributed by atoms with Gasteiger partial charge in [-0.15, -0.1) is 0 Å². The monoisotopic (exact) mass is 419 g/mol. The molecule has 31 heavy (non-hydrogen) atoms. The number of hydrogen-bond donors (Lipinski definition) is 1. The number of ether oxygens (including phenoxy) is 2. The van der Waals surface area contributed by atoms with Gasteiger partial charge in [-0.25, -0.2) is 9.18 Å². The van der Waals surface area contributed by atoms with E-state index in [-0.39, 0.29) is 5.82 Å². The van der Waals surface area contributed by atoms with Gasteiger partial charge in [-0.3, -0.25) is 0 Å². The lowest BCUT2D eigenvalue weighted by Gasteiger charge is -2.21. The van der Waals surface area contributed by atoms with Gasteiger partial charge < -0.3 is 14.8 Å². The lowest BCUT2D eigenvalue weighted by Crippen LogP contribution is -2.24. The van der Waals surface area contributed by atoms with Crippen LogP contribution in [-0.4, -0.2) is 18.7 Å². The zero-order chi connectivity index (χ0) is 22.4. The second-order valence-electron chi connectivity index (χ2n) is 8.01. The van der Waals surface area contributed by atoms with Crippen molar-refractivity contribution in [2.75, 3.05) is 12.4 Å². The van der Waals surface area contributed by atoms with E-state index < -0.39 is 11.6 Å². The van der Waals surface area contributed by atoms with Gasteiger partial charge in [0.1, 0.15) is 17.2 Å². The van der Waals surface area contributed by atoms with Crippen molar-refractivity contribution in [3.63, 3.8) is 0 Å². The summed E-state index contributed by atoms with van der Waals surface area (Å²) in [5, 5.41) is 3.20. The predicted molar refractivity (Wildman–Crippen MR) is 123 cm³/mol. The minimum atomic E-state index is -0.618. The second kappa shape index (κ2) is 9.47. The lowest BCUT2D eigenvalue weighted by atomic mass is 10.1. The van der Waals surface area contributed by atoms with E-state index >= 15 is 0 Å². The Kier molecular flexibility index (Phi) is 6.75. The molecule has 1 N–H and O–H groups in total. The molecule has 0 radical (unpaired) electrons. The number of nitrogens with one attached hydrogen (secondary N) is 1. The SMILES string of the molecule is COc1ccccc1/C=C/c1ccc(C(=O)OC(C)(C)C)c(Nc2ccc(F)cc2)c1. The number of halogens is 1. The van der Waals surface area contributed by atoms with Crippen LogP contribution in [0, 0.1) is 5.82 Å². The fourth-order valence-corrected chi connectivity index (χ4v) is 2.96. The molecule has 3 rings (SSSR count). The van der Waals surface area contributed by atoms with E-state index in [0.717, 1.165) is 16.9 Å². The van der Waals surface area contributed by atoms with Gasteiger partial charge in [0.15, 0.2) is 0 Å². The largest absolute Gasteiger partial charge is 0.496 e. The molecular formula is C26H26FNO3. The van der Waals surface area contributed by atoms with E-state index in [1.165, 1.54) is 12.1 Å². The molecule has 5 heteroatoms. The van der Waals surface area contributed by atoms with Crippen molar-refractivity contribution in [2.45, 2.75) is 26.4 Å². The average molecular weight is 419 g/mol. The summed E-state index contributed by atoms with van der Waals surface area (Å²) in [7, 11) is 1.63. The summed E-state index contributed by atoms with van der Waals surface area (Å²) in [4.78, 5) is 12.7. The van der Waals surface area contributed by atoms with Gasteiger partial charge in [-0.2, -0.15) is 0 Å². The van der Waals surface area contributed by atoms with E-state index in [2.05, 4.69) is 5.32 Å². The fourth-order valence-electron chi connectivity index (χ4n) is 2.96. The first-order valence-corrected chi connectivity index (χ1v) is 9.96. The molecule has 0 spiro atoms. The number of hydrogen-bond acceptors (Lipinski definition) is 4. The predicted octanol–water partition coefficient (Wildman–Crippen LogP) is 6.70. The quantitative estimate of drug-likeness (QED) is 0.357. The normalized spacial score (nSPS) is 11.4. The topological polar surface area (TPSA) is 47.6 Å².